The van der Waals surface area contributed by atoms with E-state index >= 15 is 0 Å². The van der Waals surface area contributed by atoms with Crippen LogP contribution in [-0.4, -0.2) is 23.2 Å². The Balaban J connectivity index is 2.08. The van der Waals surface area contributed by atoms with Crippen molar-refractivity contribution in [1.29, 1.82) is 0 Å². The number of nitrogens with two attached hydrogens (primary N) is 1. The van der Waals surface area contributed by atoms with Crippen LogP contribution in [0, 0.1) is 0 Å². The minimum Gasteiger partial charge on any atom is -0.497 e. The van der Waals surface area contributed by atoms with Crippen molar-refractivity contribution in [1.82, 2.24) is 4.98 Å². The summed E-state index contributed by atoms with van der Waals surface area (Å²) in [6.07, 6.45) is 1.21. The molecule has 1 aromatic carbocycles. The van der Waals surface area contributed by atoms with Crippen LogP contribution in [0.3, 0.4) is 0 Å². The molecule has 6 nitrogen and oxygen atoms in total. The van der Waals surface area contributed by atoms with Gasteiger partial charge < -0.3 is 20.3 Å². The average Bonchev–Trinajstić information content (AvgIpc) is 2.46. The summed E-state index contributed by atoms with van der Waals surface area (Å²) in [5.74, 6) is -0.144. The van der Waals surface area contributed by atoms with Gasteiger partial charge in [0.05, 0.1) is 18.4 Å². The molecule has 2 aromatic rings. The predicted molar refractivity (Wildman–Crippen MR) is 72.9 cm³/mol. The fourth-order valence-corrected chi connectivity index (χ4v) is 1.62. The number of anilines is 1. The lowest BCUT2D eigenvalue weighted by atomic mass is 10.2. The van der Waals surface area contributed by atoms with E-state index < -0.39 is 5.97 Å². The second kappa shape index (κ2) is 5.92. The van der Waals surface area contributed by atoms with Crippen LogP contribution < -0.4 is 15.2 Å². The highest BCUT2D eigenvalue weighted by molar-refractivity contribution is 5.88. The Kier molecular flexibility index (Phi) is 4.05. The summed E-state index contributed by atoms with van der Waals surface area (Å²) in [4.78, 5) is 14.7. The first-order valence-electron chi connectivity index (χ1n) is 5.84. The first-order valence-corrected chi connectivity index (χ1v) is 5.84. The van der Waals surface area contributed by atoms with Crippen LogP contribution in [0.5, 0.6) is 11.6 Å². The van der Waals surface area contributed by atoms with E-state index in [1.165, 1.54) is 12.3 Å². The van der Waals surface area contributed by atoms with Crippen LogP contribution in [-0.2, 0) is 6.61 Å². The van der Waals surface area contributed by atoms with Crippen molar-refractivity contribution in [2.24, 2.45) is 0 Å². The maximum atomic E-state index is 10.8. The molecule has 2 rings (SSSR count). The minimum atomic E-state index is -1.08. The highest BCUT2D eigenvalue weighted by atomic mass is 16.5. The topological polar surface area (TPSA) is 94.7 Å². The van der Waals surface area contributed by atoms with Gasteiger partial charge in [-0.2, -0.15) is 0 Å². The third-order valence-corrected chi connectivity index (χ3v) is 2.64. The number of nitrogens with zero attached hydrogens (tertiary/aromatic N) is 1. The number of methoxy groups -OCH3 is 1. The molecule has 0 aliphatic carbocycles. The predicted octanol–water partition coefficient (Wildman–Crippen LogP) is 1.95. The van der Waals surface area contributed by atoms with E-state index in [-0.39, 0.29) is 23.7 Å². The molecule has 0 aliphatic heterocycles. The van der Waals surface area contributed by atoms with Gasteiger partial charge in [-0.1, -0.05) is 12.1 Å². The van der Waals surface area contributed by atoms with Gasteiger partial charge in [0.15, 0.2) is 0 Å². The summed E-state index contributed by atoms with van der Waals surface area (Å²) in [7, 11) is 1.59. The zero-order valence-corrected chi connectivity index (χ0v) is 10.9. The molecule has 0 saturated carbocycles. The Bertz CT molecular complexity index is 628. The molecule has 20 heavy (non-hydrogen) atoms. The molecular formula is C14H14N2O4. The first-order chi connectivity index (χ1) is 9.60. The number of benzene rings is 1. The van der Waals surface area contributed by atoms with Gasteiger partial charge in [0.1, 0.15) is 12.4 Å². The van der Waals surface area contributed by atoms with Crippen molar-refractivity contribution in [3.63, 3.8) is 0 Å². The molecule has 0 aliphatic rings. The van der Waals surface area contributed by atoms with Crippen LogP contribution in [0.25, 0.3) is 0 Å². The number of ether oxygens (including phenoxy) is 2. The van der Waals surface area contributed by atoms with Gasteiger partial charge in [-0.3, -0.25) is 0 Å². The fraction of sp³-hybridized carbons (Fsp3) is 0.143. The summed E-state index contributed by atoms with van der Waals surface area (Å²) in [5, 5.41) is 8.82. The number of carboxylic acids is 1. The number of nitrogen functional groups attached to an aromatic ring is 1. The fourth-order valence-electron chi connectivity index (χ4n) is 1.62. The number of rotatable bonds is 5. The second-order valence-electron chi connectivity index (χ2n) is 4.06. The van der Waals surface area contributed by atoms with Gasteiger partial charge in [0, 0.05) is 6.20 Å². The maximum absolute atomic E-state index is 10.8. The highest BCUT2D eigenvalue weighted by Gasteiger charge is 2.09. The summed E-state index contributed by atoms with van der Waals surface area (Å²) in [5.41, 5.74) is 6.81. The van der Waals surface area contributed by atoms with E-state index in [0.29, 0.717) is 0 Å². The van der Waals surface area contributed by atoms with E-state index in [4.69, 9.17) is 20.3 Å². The lowest BCUT2D eigenvalue weighted by molar-refractivity contribution is 0.0696. The average molecular weight is 274 g/mol. The Labute approximate surface area is 115 Å². The lowest BCUT2D eigenvalue weighted by Gasteiger charge is -2.09. The zero-order valence-electron chi connectivity index (χ0n) is 10.9. The number of carbonyl (C=O) groups is 1. The normalized spacial score (nSPS) is 10.1. The van der Waals surface area contributed by atoms with E-state index in [2.05, 4.69) is 4.98 Å². The number of aromatic carboxylic acids is 1. The van der Waals surface area contributed by atoms with Crippen molar-refractivity contribution >= 4 is 11.7 Å². The molecule has 0 bridgehead atoms. The Morgan fingerprint density at radius 3 is 2.85 bits per heavy atom. The molecule has 0 spiro atoms. The maximum Gasteiger partial charge on any atom is 0.337 e. The molecule has 0 fully saturated rings. The van der Waals surface area contributed by atoms with Gasteiger partial charge in [-0.05, 0) is 23.8 Å². The van der Waals surface area contributed by atoms with Crippen molar-refractivity contribution in [3.05, 3.63) is 47.7 Å². The van der Waals surface area contributed by atoms with E-state index in [0.717, 1.165) is 11.3 Å². The molecule has 0 unspecified atom stereocenters. The van der Waals surface area contributed by atoms with E-state index in [1.54, 1.807) is 7.11 Å². The SMILES string of the molecule is COc1cccc(COc2ncc(C(=O)O)cc2N)c1. The summed E-state index contributed by atoms with van der Waals surface area (Å²) in [6, 6.07) is 8.71. The zero-order chi connectivity index (χ0) is 14.5. The molecule has 0 saturated heterocycles. The van der Waals surface area contributed by atoms with Gasteiger partial charge in [0.25, 0.3) is 0 Å². The number of hydrogen-bond donors (Lipinski definition) is 2. The summed E-state index contributed by atoms with van der Waals surface area (Å²) >= 11 is 0. The molecule has 3 N–H and O–H groups in total. The van der Waals surface area contributed by atoms with Crippen LogP contribution in [0.1, 0.15) is 15.9 Å². The van der Waals surface area contributed by atoms with Crippen LogP contribution in [0.15, 0.2) is 36.5 Å². The Morgan fingerprint density at radius 2 is 2.20 bits per heavy atom. The van der Waals surface area contributed by atoms with Crippen LogP contribution >= 0.6 is 0 Å². The molecule has 1 heterocycles. The van der Waals surface area contributed by atoms with Gasteiger partial charge in [-0.15, -0.1) is 0 Å². The summed E-state index contributed by atoms with van der Waals surface area (Å²) < 4.78 is 10.6. The van der Waals surface area contributed by atoms with E-state index in [1.807, 2.05) is 24.3 Å². The molecule has 0 radical (unpaired) electrons. The highest BCUT2D eigenvalue weighted by Crippen LogP contribution is 2.21. The van der Waals surface area contributed by atoms with Gasteiger partial charge in [-0.25, -0.2) is 9.78 Å². The largest absolute Gasteiger partial charge is 0.497 e. The Hall–Kier alpha value is -2.76. The standard InChI is InChI=1S/C14H14N2O4/c1-19-11-4-2-3-9(5-11)8-20-13-12(15)6-10(7-16-13)14(17)18/h2-7H,8,15H2,1H3,(H,17,18). The smallest absolute Gasteiger partial charge is 0.337 e. The Morgan fingerprint density at radius 1 is 1.40 bits per heavy atom. The second-order valence-corrected chi connectivity index (χ2v) is 4.06. The molecule has 1 aromatic heterocycles. The van der Waals surface area contributed by atoms with E-state index in [9.17, 15) is 4.79 Å². The molecule has 6 heteroatoms. The number of carboxylic acid groups (broad SMARTS) is 1. The van der Waals surface area contributed by atoms with Crippen LogP contribution in [0.4, 0.5) is 5.69 Å². The lowest BCUT2D eigenvalue weighted by Crippen LogP contribution is -2.04. The number of aromatic nitrogens is 1. The quantitative estimate of drug-likeness (QED) is 0.865. The van der Waals surface area contributed by atoms with Gasteiger partial charge in [0.2, 0.25) is 5.88 Å². The summed E-state index contributed by atoms with van der Waals surface area (Å²) in [6.45, 7) is 0.265. The molecule has 0 atom stereocenters. The van der Waals surface area contributed by atoms with Crippen molar-refractivity contribution in [2.45, 2.75) is 6.61 Å². The van der Waals surface area contributed by atoms with Crippen LogP contribution in [0.2, 0.25) is 0 Å². The van der Waals surface area contributed by atoms with Crippen molar-refractivity contribution < 1.29 is 19.4 Å². The monoisotopic (exact) mass is 274 g/mol. The molecule has 104 valence electrons. The minimum absolute atomic E-state index is 0.0243. The van der Waals surface area contributed by atoms with Crippen molar-refractivity contribution in [2.75, 3.05) is 12.8 Å². The van der Waals surface area contributed by atoms with Gasteiger partial charge >= 0.3 is 5.97 Å². The molecular weight excluding hydrogens is 260 g/mol. The number of hydrogen-bond acceptors (Lipinski definition) is 5. The number of pyridine rings is 1. The molecule has 0 amide bonds. The first kappa shape index (κ1) is 13.7. The van der Waals surface area contributed by atoms with Crippen molar-refractivity contribution in [3.8, 4) is 11.6 Å². The third-order valence-electron chi connectivity index (χ3n) is 2.64. The third kappa shape index (κ3) is 3.17.